The Morgan fingerprint density at radius 1 is 1.59 bits per heavy atom. The van der Waals surface area contributed by atoms with Crippen LogP contribution in [-0.2, 0) is 6.54 Å². The Kier molecular flexibility index (Phi) is 5.69. The smallest absolute Gasteiger partial charge is 0.293 e. The van der Waals surface area contributed by atoms with Gasteiger partial charge in [-0.2, -0.15) is 0 Å². The zero-order valence-corrected chi connectivity index (χ0v) is 10.5. The van der Waals surface area contributed by atoms with Crippen LogP contribution in [0.2, 0.25) is 0 Å². The Labute approximate surface area is 102 Å². The molecule has 1 aromatic heterocycles. The van der Waals surface area contributed by atoms with Crippen LogP contribution in [0.3, 0.4) is 0 Å². The molecular weight excluding hydrogens is 218 g/mol. The van der Waals surface area contributed by atoms with E-state index in [4.69, 9.17) is 5.11 Å². The lowest BCUT2D eigenvalue weighted by Gasteiger charge is -2.14. The highest BCUT2D eigenvalue weighted by Crippen LogP contribution is 2.02. The zero-order valence-electron chi connectivity index (χ0n) is 10.5. The summed E-state index contributed by atoms with van der Waals surface area (Å²) in [6, 6.07) is 0.139. The highest BCUT2D eigenvalue weighted by Gasteiger charge is 2.07. The lowest BCUT2D eigenvalue weighted by Crippen LogP contribution is -2.28. The Balaban J connectivity index is 2.70. The molecule has 0 saturated heterocycles. The van der Waals surface area contributed by atoms with Crippen molar-refractivity contribution in [2.24, 2.45) is 0 Å². The van der Waals surface area contributed by atoms with E-state index in [-0.39, 0.29) is 18.2 Å². The molecule has 0 bridgehead atoms. The SMILES string of the molecule is CCCn1ccnc(NC(C)CCCO)c1=O. The fraction of sp³-hybridized carbons (Fsp3) is 0.667. The quantitative estimate of drug-likeness (QED) is 0.751. The predicted octanol–water partition coefficient (Wildman–Crippen LogP) is 1.23. The van der Waals surface area contributed by atoms with Crippen LogP contribution in [0.4, 0.5) is 5.82 Å². The van der Waals surface area contributed by atoms with Crippen LogP contribution in [0.1, 0.15) is 33.1 Å². The molecule has 5 heteroatoms. The zero-order chi connectivity index (χ0) is 12.7. The molecule has 0 radical (unpaired) electrons. The van der Waals surface area contributed by atoms with Gasteiger partial charge in [-0.1, -0.05) is 6.92 Å². The van der Waals surface area contributed by atoms with Crippen molar-refractivity contribution in [2.75, 3.05) is 11.9 Å². The Hall–Kier alpha value is -1.36. The standard InChI is InChI=1S/C12H21N3O2/c1-3-7-15-8-6-13-11(12(15)17)14-10(2)5-4-9-16/h6,8,10,16H,3-5,7,9H2,1-2H3,(H,13,14). The summed E-state index contributed by atoms with van der Waals surface area (Å²) in [5.41, 5.74) is -0.0785. The van der Waals surface area contributed by atoms with Gasteiger partial charge in [-0.15, -0.1) is 0 Å². The van der Waals surface area contributed by atoms with Crippen LogP contribution in [0.5, 0.6) is 0 Å². The molecular formula is C12H21N3O2. The third kappa shape index (κ3) is 4.19. The van der Waals surface area contributed by atoms with Gasteiger partial charge in [0.15, 0.2) is 5.82 Å². The topological polar surface area (TPSA) is 67.2 Å². The summed E-state index contributed by atoms with van der Waals surface area (Å²) in [5.74, 6) is 0.395. The van der Waals surface area contributed by atoms with Gasteiger partial charge >= 0.3 is 0 Å². The number of anilines is 1. The number of aromatic nitrogens is 2. The van der Waals surface area contributed by atoms with Crippen molar-refractivity contribution in [3.8, 4) is 0 Å². The summed E-state index contributed by atoms with van der Waals surface area (Å²) in [7, 11) is 0. The van der Waals surface area contributed by atoms with Gasteiger partial charge in [0.1, 0.15) is 0 Å². The van der Waals surface area contributed by atoms with E-state index in [9.17, 15) is 4.79 Å². The normalized spacial score (nSPS) is 12.4. The molecule has 0 saturated carbocycles. The molecule has 1 rings (SSSR count). The van der Waals surface area contributed by atoms with Crippen molar-refractivity contribution < 1.29 is 5.11 Å². The molecule has 1 heterocycles. The number of aliphatic hydroxyl groups is 1. The number of nitrogens with one attached hydrogen (secondary N) is 1. The Morgan fingerprint density at radius 3 is 3.00 bits per heavy atom. The van der Waals surface area contributed by atoms with E-state index in [0.29, 0.717) is 12.4 Å². The van der Waals surface area contributed by atoms with Crippen LogP contribution in [-0.4, -0.2) is 27.3 Å². The van der Waals surface area contributed by atoms with Gasteiger partial charge < -0.3 is 15.0 Å². The molecule has 0 aromatic carbocycles. The van der Waals surface area contributed by atoms with Gasteiger partial charge in [-0.3, -0.25) is 4.79 Å². The predicted molar refractivity (Wildman–Crippen MR) is 68.2 cm³/mol. The molecule has 1 unspecified atom stereocenters. The van der Waals surface area contributed by atoms with Gasteiger partial charge in [0.25, 0.3) is 5.56 Å². The van der Waals surface area contributed by atoms with Crippen LogP contribution in [0.25, 0.3) is 0 Å². The van der Waals surface area contributed by atoms with Crippen LogP contribution >= 0.6 is 0 Å². The molecule has 0 aliphatic heterocycles. The van der Waals surface area contributed by atoms with Gasteiger partial charge in [0.2, 0.25) is 0 Å². The average molecular weight is 239 g/mol. The molecule has 0 fully saturated rings. The summed E-state index contributed by atoms with van der Waals surface area (Å²) in [4.78, 5) is 16.0. The van der Waals surface area contributed by atoms with Gasteiger partial charge in [-0.25, -0.2) is 4.98 Å². The Bertz CT molecular complexity index is 390. The minimum Gasteiger partial charge on any atom is -0.396 e. The summed E-state index contributed by atoms with van der Waals surface area (Å²) in [6.45, 7) is 4.90. The minimum absolute atomic E-state index is 0.0785. The number of aryl methyl sites for hydroxylation is 1. The summed E-state index contributed by atoms with van der Waals surface area (Å²) < 4.78 is 1.66. The van der Waals surface area contributed by atoms with Crippen LogP contribution in [0, 0.1) is 0 Å². The largest absolute Gasteiger partial charge is 0.396 e. The second kappa shape index (κ2) is 7.06. The molecule has 1 atom stereocenters. The first-order chi connectivity index (χ1) is 8.19. The molecule has 5 nitrogen and oxygen atoms in total. The van der Waals surface area contributed by atoms with Gasteiger partial charge in [-0.05, 0) is 26.2 Å². The third-order valence-corrected chi connectivity index (χ3v) is 2.56. The molecule has 0 aliphatic carbocycles. The van der Waals surface area contributed by atoms with Gasteiger partial charge in [0.05, 0.1) is 0 Å². The van der Waals surface area contributed by atoms with Crippen molar-refractivity contribution in [1.29, 1.82) is 0 Å². The summed E-state index contributed by atoms with van der Waals surface area (Å²) in [5, 5.41) is 11.8. The monoisotopic (exact) mass is 239 g/mol. The van der Waals surface area contributed by atoms with Crippen molar-refractivity contribution in [2.45, 2.75) is 45.7 Å². The van der Waals surface area contributed by atoms with E-state index in [1.54, 1.807) is 17.0 Å². The molecule has 0 spiro atoms. The van der Waals surface area contributed by atoms with E-state index < -0.39 is 0 Å². The van der Waals surface area contributed by atoms with E-state index >= 15 is 0 Å². The summed E-state index contributed by atoms with van der Waals surface area (Å²) >= 11 is 0. The van der Waals surface area contributed by atoms with E-state index in [0.717, 1.165) is 19.3 Å². The summed E-state index contributed by atoms with van der Waals surface area (Å²) in [6.07, 6.45) is 5.81. The minimum atomic E-state index is -0.0785. The third-order valence-electron chi connectivity index (χ3n) is 2.56. The second-order valence-electron chi connectivity index (χ2n) is 4.19. The van der Waals surface area contributed by atoms with Crippen molar-refractivity contribution in [1.82, 2.24) is 9.55 Å². The average Bonchev–Trinajstić information content (AvgIpc) is 2.32. The molecule has 1 aromatic rings. The van der Waals surface area contributed by atoms with E-state index in [2.05, 4.69) is 10.3 Å². The molecule has 96 valence electrons. The first-order valence-electron chi connectivity index (χ1n) is 6.11. The molecule has 17 heavy (non-hydrogen) atoms. The van der Waals surface area contributed by atoms with Crippen molar-refractivity contribution in [3.63, 3.8) is 0 Å². The van der Waals surface area contributed by atoms with Gasteiger partial charge in [0, 0.05) is 31.6 Å². The maximum absolute atomic E-state index is 12.0. The highest BCUT2D eigenvalue weighted by atomic mass is 16.2. The first kappa shape index (κ1) is 13.7. The lowest BCUT2D eigenvalue weighted by atomic mass is 10.2. The van der Waals surface area contributed by atoms with E-state index in [1.807, 2.05) is 13.8 Å². The fourth-order valence-corrected chi connectivity index (χ4v) is 1.67. The number of hydrogen-bond acceptors (Lipinski definition) is 4. The van der Waals surface area contributed by atoms with E-state index in [1.165, 1.54) is 0 Å². The fourth-order valence-electron chi connectivity index (χ4n) is 1.67. The number of hydrogen-bond donors (Lipinski definition) is 2. The van der Waals surface area contributed by atoms with Crippen LogP contribution in [0.15, 0.2) is 17.2 Å². The number of rotatable bonds is 7. The Morgan fingerprint density at radius 2 is 2.35 bits per heavy atom. The second-order valence-corrected chi connectivity index (χ2v) is 4.19. The van der Waals surface area contributed by atoms with Crippen molar-refractivity contribution in [3.05, 3.63) is 22.7 Å². The molecule has 2 N–H and O–H groups in total. The first-order valence-corrected chi connectivity index (χ1v) is 6.11. The lowest BCUT2D eigenvalue weighted by molar-refractivity contribution is 0.282. The molecule has 0 amide bonds. The highest BCUT2D eigenvalue weighted by molar-refractivity contribution is 5.31. The van der Waals surface area contributed by atoms with Crippen molar-refractivity contribution >= 4 is 5.82 Å². The molecule has 0 aliphatic rings. The maximum atomic E-state index is 12.0. The van der Waals surface area contributed by atoms with Crippen LogP contribution < -0.4 is 10.9 Å². The number of aliphatic hydroxyl groups excluding tert-OH is 1. The number of nitrogens with zero attached hydrogens (tertiary/aromatic N) is 2. The maximum Gasteiger partial charge on any atom is 0.293 e.